The first kappa shape index (κ1) is 11.8. The minimum Gasteiger partial charge on any atom is -0.489 e. The molecule has 1 heterocycles. The third-order valence-electron chi connectivity index (χ3n) is 4.03. The molecule has 1 aliphatic carbocycles. The van der Waals surface area contributed by atoms with Crippen LogP contribution in [0.1, 0.15) is 31.2 Å². The van der Waals surface area contributed by atoms with E-state index < -0.39 is 0 Å². The lowest BCUT2D eigenvalue weighted by Crippen LogP contribution is -2.23. The van der Waals surface area contributed by atoms with Crippen LogP contribution in [-0.4, -0.2) is 19.7 Å². The van der Waals surface area contributed by atoms with Gasteiger partial charge in [-0.25, -0.2) is 0 Å². The maximum Gasteiger partial charge on any atom is 0.146 e. The maximum absolute atomic E-state index is 5.76. The largest absolute Gasteiger partial charge is 0.489 e. The van der Waals surface area contributed by atoms with E-state index in [9.17, 15) is 0 Å². The first-order valence-electron chi connectivity index (χ1n) is 7.13. The van der Waals surface area contributed by atoms with Crippen LogP contribution in [0.15, 0.2) is 18.2 Å². The van der Waals surface area contributed by atoms with E-state index in [1.54, 1.807) is 0 Å². The number of nitrogens with one attached hydrogen (secondary N) is 2. The molecule has 18 heavy (non-hydrogen) atoms. The van der Waals surface area contributed by atoms with Crippen molar-refractivity contribution in [1.29, 1.82) is 0 Å². The van der Waals surface area contributed by atoms with Crippen molar-refractivity contribution in [3.63, 3.8) is 0 Å². The van der Waals surface area contributed by atoms with Crippen LogP contribution in [0.5, 0.6) is 5.75 Å². The summed E-state index contributed by atoms with van der Waals surface area (Å²) in [4.78, 5) is 0. The molecule has 3 nitrogen and oxygen atoms in total. The number of anilines is 1. The lowest BCUT2D eigenvalue weighted by molar-refractivity contribution is 0.291. The van der Waals surface area contributed by atoms with Gasteiger partial charge in [-0.2, -0.15) is 0 Å². The molecule has 1 aliphatic heterocycles. The van der Waals surface area contributed by atoms with E-state index in [0.717, 1.165) is 43.6 Å². The Labute approximate surface area is 109 Å². The highest BCUT2D eigenvalue weighted by Gasteiger charge is 2.17. The van der Waals surface area contributed by atoms with Gasteiger partial charge in [0.1, 0.15) is 12.4 Å². The molecule has 0 atom stereocenters. The molecule has 0 radical (unpaired) electrons. The van der Waals surface area contributed by atoms with Gasteiger partial charge in [0.05, 0.1) is 5.69 Å². The molecule has 1 fully saturated rings. The Morgan fingerprint density at radius 3 is 3.11 bits per heavy atom. The second kappa shape index (κ2) is 5.61. The Hall–Kier alpha value is -1.22. The van der Waals surface area contributed by atoms with Gasteiger partial charge >= 0.3 is 0 Å². The minimum absolute atomic E-state index is 0.770. The first-order valence-corrected chi connectivity index (χ1v) is 7.13. The predicted octanol–water partition coefficient (Wildman–Crippen LogP) is 2.77. The van der Waals surface area contributed by atoms with E-state index >= 15 is 0 Å². The summed E-state index contributed by atoms with van der Waals surface area (Å²) in [6.07, 6.45) is 5.65. The highest BCUT2D eigenvalue weighted by Crippen LogP contribution is 2.31. The second-order valence-corrected chi connectivity index (χ2v) is 5.33. The van der Waals surface area contributed by atoms with E-state index in [-0.39, 0.29) is 0 Å². The van der Waals surface area contributed by atoms with Crippen LogP contribution in [0.25, 0.3) is 0 Å². The molecule has 98 valence electrons. The quantitative estimate of drug-likeness (QED) is 0.784. The summed E-state index contributed by atoms with van der Waals surface area (Å²) in [5.74, 6) is 2.03. The van der Waals surface area contributed by atoms with Crippen molar-refractivity contribution in [2.24, 2.45) is 5.92 Å². The molecule has 1 saturated carbocycles. The molecule has 0 aromatic heterocycles. The van der Waals surface area contributed by atoms with E-state index in [1.807, 2.05) is 0 Å². The monoisotopic (exact) mass is 246 g/mol. The van der Waals surface area contributed by atoms with Crippen molar-refractivity contribution < 1.29 is 4.74 Å². The summed E-state index contributed by atoms with van der Waals surface area (Å²) in [6.45, 7) is 3.72. The van der Waals surface area contributed by atoms with Gasteiger partial charge in [0.15, 0.2) is 0 Å². The van der Waals surface area contributed by atoms with Crippen molar-refractivity contribution in [2.75, 3.05) is 25.0 Å². The molecular weight excluding hydrogens is 224 g/mol. The topological polar surface area (TPSA) is 33.3 Å². The van der Waals surface area contributed by atoms with Crippen molar-refractivity contribution in [3.05, 3.63) is 23.8 Å². The van der Waals surface area contributed by atoms with E-state index in [0.29, 0.717) is 0 Å². The van der Waals surface area contributed by atoms with Crippen LogP contribution in [0.3, 0.4) is 0 Å². The second-order valence-electron chi connectivity index (χ2n) is 5.33. The Morgan fingerprint density at radius 2 is 2.28 bits per heavy atom. The fourth-order valence-corrected chi connectivity index (χ4v) is 2.68. The molecule has 3 rings (SSSR count). The third kappa shape index (κ3) is 2.61. The summed E-state index contributed by atoms with van der Waals surface area (Å²) in [6, 6.07) is 6.35. The number of hydrogen-bond acceptors (Lipinski definition) is 3. The zero-order valence-electron chi connectivity index (χ0n) is 10.9. The van der Waals surface area contributed by atoms with Crippen LogP contribution in [0.2, 0.25) is 0 Å². The van der Waals surface area contributed by atoms with Gasteiger partial charge in [-0.05, 0) is 24.9 Å². The van der Waals surface area contributed by atoms with Gasteiger partial charge in [-0.15, -0.1) is 0 Å². The van der Waals surface area contributed by atoms with Crippen LogP contribution < -0.4 is 15.4 Å². The molecule has 0 unspecified atom stereocenters. The summed E-state index contributed by atoms with van der Waals surface area (Å²) < 4.78 is 5.76. The highest BCUT2D eigenvalue weighted by molar-refractivity contribution is 5.61. The molecular formula is C15H22N2O. The van der Waals surface area contributed by atoms with Crippen LogP contribution in [0.4, 0.5) is 5.69 Å². The lowest BCUT2D eigenvalue weighted by Gasteiger charge is -2.25. The normalized spacial score (nSPS) is 18.4. The van der Waals surface area contributed by atoms with Crippen LogP contribution >= 0.6 is 0 Å². The van der Waals surface area contributed by atoms with Gasteiger partial charge in [0.2, 0.25) is 0 Å². The maximum atomic E-state index is 5.76. The summed E-state index contributed by atoms with van der Waals surface area (Å²) in [5.41, 5.74) is 2.41. The Bertz CT molecular complexity index is 401. The number of para-hydroxylation sites is 1. The number of hydrogen-bond donors (Lipinski definition) is 2. The molecule has 0 amide bonds. The molecule has 0 spiro atoms. The summed E-state index contributed by atoms with van der Waals surface area (Å²) in [5, 5.41) is 6.92. The third-order valence-corrected chi connectivity index (χ3v) is 4.03. The zero-order valence-corrected chi connectivity index (χ0v) is 10.9. The lowest BCUT2D eigenvalue weighted by atomic mass is 9.83. The average Bonchev–Trinajstić information content (AvgIpc) is 2.36. The number of benzene rings is 1. The standard InChI is InChI=1S/C15H22N2O/c1-3-12(4-1)7-8-16-11-13-5-2-6-14-15(13)18-10-9-17-14/h2,5-6,12,16-17H,1,3-4,7-11H2. The summed E-state index contributed by atoms with van der Waals surface area (Å²) >= 11 is 0. The minimum atomic E-state index is 0.770. The van der Waals surface area contributed by atoms with Gasteiger partial charge in [0, 0.05) is 18.7 Å². The van der Waals surface area contributed by atoms with Crippen molar-refractivity contribution in [1.82, 2.24) is 5.32 Å². The Balaban J connectivity index is 1.52. The van der Waals surface area contributed by atoms with Gasteiger partial charge in [-0.1, -0.05) is 31.4 Å². The fourth-order valence-electron chi connectivity index (χ4n) is 2.68. The number of fused-ring (bicyclic) bond motifs is 1. The summed E-state index contributed by atoms with van der Waals surface area (Å²) in [7, 11) is 0. The Morgan fingerprint density at radius 1 is 1.33 bits per heavy atom. The van der Waals surface area contributed by atoms with Gasteiger partial charge in [-0.3, -0.25) is 0 Å². The zero-order chi connectivity index (χ0) is 12.2. The SMILES string of the molecule is c1cc(CNCCC2CCC2)c2c(c1)NCCO2. The molecule has 2 aliphatic rings. The molecule has 2 N–H and O–H groups in total. The molecule has 0 saturated heterocycles. The van der Waals surface area contributed by atoms with Gasteiger partial charge in [0.25, 0.3) is 0 Å². The first-order chi connectivity index (χ1) is 8.93. The fraction of sp³-hybridized carbons (Fsp3) is 0.600. The van der Waals surface area contributed by atoms with Crippen molar-refractivity contribution in [2.45, 2.75) is 32.2 Å². The average molecular weight is 246 g/mol. The number of ether oxygens (including phenoxy) is 1. The molecule has 1 aromatic rings. The highest BCUT2D eigenvalue weighted by atomic mass is 16.5. The van der Waals surface area contributed by atoms with Crippen LogP contribution in [-0.2, 0) is 6.54 Å². The van der Waals surface area contributed by atoms with Crippen molar-refractivity contribution in [3.8, 4) is 5.75 Å². The predicted molar refractivity (Wildman–Crippen MR) is 74.1 cm³/mol. The Kier molecular flexibility index (Phi) is 3.69. The molecule has 3 heteroatoms. The molecule has 0 bridgehead atoms. The van der Waals surface area contributed by atoms with Crippen molar-refractivity contribution >= 4 is 5.69 Å². The molecule has 1 aromatic carbocycles. The van der Waals surface area contributed by atoms with E-state index in [2.05, 4.69) is 28.8 Å². The van der Waals surface area contributed by atoms with E-state index in [1.165, 1.54) is 31.2 Å². The number of rotatable bonds is 5. The smallest absolute Gasteiger partial charge is 0.146 e. The van der Waals surface area contributed by atoms with Crippen LogP contribution in [0, 0.1) is 5.92 Å². The van der Waals surface area contributed by atoms with E-state index in [4.69, 9.17) is 4.74 Å². The van der Waals surface area contributed by atoms with Gasteiger partial charge < -0.3 is 15.4 Å².